The van der Waals surface area contributed by atoms with Crippen LogP contribution in [0.5, 0.6) is 5.75 Å². The van der Waals surface area contributed by atoms with Gasteiger partial charge in [0.15, 0.2) is 0 Å². The van der Waals surface area contributed by atoms with Gasteiger partial charge < -0.3 is 9.72 Å². The van der Waals surface area contributed by atoms with Crippen molar-refractivity contribution in [1.29, 1.82) is 0 Å². The number of nitrogens with zero attached hydrogens (tertiary/aromatic N) is 1. The van der Waals surface area contributed by atoms with Gasteiger partial charge in [-0.05, 0) is 17.7 Å². The third-order valence-electron chi connectivity index (χ3n) is 2.27. The monoisotopic (exact) mass is 288 g/mol. The largest absolute Gasteiger partial charge is 0.435 e. The maximum Gasteiger partial charge on any atom is 0.387 e. The number of aromatic amines is 1. The van der Waals surface area contributed by atoms with Crippen LogP contribution in [0.15, 0.2) is 41.8 Å². The summed E-state index contributed by atoms with van der Waals surface area (Å²) >= 11 is 0. The van der Waals surface area contributed by atoms with Crippen LogP contribution in [-0.4, -0.2) is 25.0 Å². The van der Waals surface area contributed by atoms with E-state index in [1.807, 2.05) is 0 Å². The van der Waals surface area contributed by atoms with Crippen molar-refractivity contribution in [2.45, 2.75) is 17.5 Å². The minimum Gasteiger partial charge on any atom is -0.435 e. The molecule has 0 aliphatic carbocycles. The Labute approximate surface area is 108 Å². The van der Waals surface area contributed by atoms with Gasteiger partial charge in [-0.3, -0.25) is 0 Å². The van der Waals surface area contributed by atoms with Crippen LogP contribution in [0, 0.1) is 0 Å². The average Bonchev–Trinajstić information content (AvgIpc) is 2.85. The molecule has 1 aromatic carbocycles. The molecule has 102 valence electrons. The zero-order chi connectivity index (χ0) is 13.9. The van der Waals surface area contributed by atoms with E-state index in [0.29, 0.717) is 5.56 Å². The molecule has 0 amide bonds. The molecular weight excluding hydrogens is 278 g/mol. The second kappa shape index (κ2) is 5.35. The van der Waals surface area contributed by atoms with Crippen molar-refractivity contribution in [2.75, 3.05) is 0 Å². The lowest BCUT2D eigenvalue weighted by molar-refractivity contribution is -0.0498. The minimum absolute atomic E-state index is 0.0193. The van der Waals surface area contributed by atoms with E-state index in [1.165, 1.54) is 36.7 Å². The molecule has 8 heteroatoms. The second-order valence-electron chi connectivity index (χ2n) is 3.68. The average molecular weight is 288 g/mol. The number of hydrogen-bond acceptors (Lipinski definition) is 4. The van der Waals surface area contributed by atoms with Gasteiger partial charge in [-0.2, -0.15) is 8.78 Å². The smallest absolute Gasteiger partial charge is 0.387 e. The van der Waals surface area contributed by atoms with Gasteiger partial charge in [0.1, 0.15) is 5.75 Å². The molecular formula is C11H10F2N2O3S. The summed E-state index contributed by atoms with van der Waals surface area (Å²) in [5.74, 6) is -0.288. The van der Waals surface area contributed by atoms with Gasteiger partial charge in [0, 0.05) is 12.4 Å². The number of alkyl halides is 2. The van der Waals surface area contributed by atoms with Crippen LogP contribution in [0.25, 0.3) is 0 Å². The summed E-state index contributed by atoms with van der Waals surface area (Å²) in [5, 5.41) is -0.125. The van der Waals surface area contributed by atoms with Gasteiger partial charge >= 0.3 is 6.61 Å². The predicted octanol–water partition coefficient (Wildman–Crippen LogP) is 1.99. The molecule has 19 heavy (non-hydrogen) atoms. The third kappa shape index (κ3) is 3.50. The summed E-state index contributed by atoms with van der Waals surface area (Å²) in [7, 11) is -3.56. The van der Waals surface area contributed by atoms with Crippen LogP contribution in [0.2, 0.25) is 0 Å². The minimum atomic E-state index is -3.56. The van der Waals surface area contributed by atoms with Crippen molar-refractivity contribution in [2.24, 2.45) is 0 Å². The Bertz CT molecular complexity index is 624. The summed E-state index contributed by atoms with van der Waals surface area (Å²) in [6.45, 7) is -2.90. The van der Waals surface area contributed by atoms with Crippen molar-refractivity contribution in [3.63, 3.8) is 0 Å². The van der Waals surface area contributed by atoms with Crippen molar-refractivity contribution in [1.82, 2.24) is 9.97 Å². The first kappa shape index (κ1) is 13.5. The van der Waals surface area contributed by atoms with Crippen molar-refractivity contribution in [3.8, 4) is 5.75 Å². The summed E-state index contributed by atoms with van der Waals surface area (Å²) < 4.78 is 51.8. The van der Waals surface area contributed by atoms with Gasteiger partial charge in [0.05, 0.1) is 5.75 Å². The molecule has 0 unspecified atom stereocenters. The highest BCUT2D eigenvalue weighted by Crippen LogP contribution is 2.18. The molecule has 0 saturated heterocycles. The van der Waals surface area contributed by atoms with Gasteiger partial charge in [0.25, 0.3) is 0 Å². The number of imidazole rings is 1. The zero-order valence-corrected chi connectivity index (χ0v) is 10.4. The Morgan fingerprint density at radius 1 is 1.26 bits per heavy atom. The summed E-state index contributed by atoms with van der Waals surface area (Å²) in [4.78, 5) is 6.19. The van der Waals surface area contributed by atoms with E-state index in [1.54, 1.807) is 0 Å². The van der Waals surface area contributed by atoms with E-state index in [0.717, 1.165) is 0 Å². The van der Waals surface area contributed by atoms with Crippen LogP contribution in [0.3, 0.4) is 0 Å². The summed E-state index contributed by atoms with van der Waals surface area (Å²) in [6.07, 6.45) is 2.75. The molecule has 2 rings (SSSR count). The summed E-state index contributed by atoms with van der Waals surface area (Å²) in [6, 6.07) is 5.41. The first-order valence-electron chi connectivity index (χ1n) is 5.23. The number of hydrogen-bond donors (Lipinski definition) is 1. The van der Waals surface area contributed by atoms with Crippen molar-refractivity contribution in [3.05, 3.63) is 42.2 Å². The molecule has 0 aliphatic heterocycles. The highest BCUT2D eigenvalue weighted by atomic mass is 32.2. The highest BCUT2D eigenvalue weighted by molar-refractivity contribution is 7.90. The SMILES string of the molecule is O=S(=O)(Cc1ccc(OC(F)F)cc1)c1ncc[nH]1. The van der Waals surface area contributed by atoms with Gasteiger partial charge in [0.2, 0.25) is 15.0 Å². The van der Waals surface area contributed by atoms with E-state index in [4.69, 9.17) is 0 Å². The molecule has 0 atom stereocenters. The van der Waals surface area contributed by atoms with Gasteiger partial charge in [-0.15, -0.1) is 0 Å². The van der Waals surface area contributed by atoms with Crippen molar-refractivity contribution >= 4 is 9.84 Å². The Morgan fingerprint density at radius 3 is 2.47 bits per heavy atom. The summed E-state index contributed by atoms with van der Waals surface area (Å²) in [5.41, 5.74) is 0.456. The van der Waals surface area contributed by atoms with E-state index in [2.05, 4.69) is 14.7 Å². The molecule has 0 fully saturated rings. The first-order valence-corrected chi connectivity index (χ1v) is 6.88. The molecule has 0 radical (unpaired) electrons. The highest BCUT2D eigenvalue weighted by Gasteiger charge is 2.17. The van der Waals surface area contributed by atoms with Crippen LogP contribution in [-0.2, 0) is 15.6 Å². The molecule has 2 aromatic rings. The van der Waals surface area contributed by atoms with Crippen LogP contribution in [0.1, 0.15) is 5.56 Å². The number of aromatic nitrogens is 2. The fourth-order valence-corrected chi connectivity index (χ4v) is 2.71. The normalized spacial score (nSPS) is 11.7. The lowest BCUT2D eigenvalue weighted by Crippen LogP contribution is -2.07. The lowest BCUT2D eigenvalue weighted by Gasteiger charge is -2.05. The number of ether oxygens (including phenoxy) is 1. The molecule has 1 aromatic heterocycles. The second-order valence-corrected chi connectivity index (χ2v) is 5.58. The van der Waals surface area contributed by atoms with E-state index in [9.17, 15) is 17.2 Å². The van der Waals surface area contributed by atoms with Crippen molar-refractivity contribution < 1.29 is 21.9 Å². The fraction of sp³-hybridized carbons (Fsp3) is 0.182. The predicted molar refractivity (Wildman–Crippen MR) is 62.6 cm³/mol. The molecule has 0 aliphatic rings. The molecule has 5 nitrogen and oxygen atoms in total. The first-order chi connectivity index (χ1) is 8.97. The number of H-pyrrole nitrogens is 1. The van der Waals surface area contributed by atoms with E-state index in [-0.39, 0.29) is 16.7 Å². The molecule has 0 bridgehead atoms. The van der Waals surface area contributed by atoms with Gasteiger partial charge in [-0.1, -0.05) is 12.1 Å². The lowest BCUT2D eigenvalue weighted by atomic mass is 10.2. The Balaban J connectivity index is 2.12. The molecule has 0 saturated carbocycles. The Kier molecular flexibility index (Phi) is 3.79. The Hall–Kier alpha value is -1.96. The van der Waals surface area contributed by atoms with Gasteiger partial charge in [-0.25, -0.2) is 13.4 Å². The van der Waals surface area contributed by atoms with Crippen LogP contribution in [0.4, 0.5) is 8.78 Å². The maximum absolute atomic E-state index is 11.9. The molecule has 1 N–H and O–H groups in total. The molecule has 0 spiro atoms. The molecule has 1 heterocycles. The maximum atomic E-state index is 11.9. The third-order valence-corrected chi connectivity index (χ3v) is 3.80. The van der Waals surface area contributed by atoms with Crippen LogP contribution >= 0.6 is 0 Å². The standard InChI is InChI=1S/C11H10F2N2O3S/c12-10(13)18-9-3-1-8(2-4-9)7-19(16,17)11-14-5-6-15-11/h1-6,10H,7H2,(H,14,15). The quantitative estimate of drug-likeness (QED) is 0.913. The fourth-order valence-electron chi connectivity index (χ4n) is 1.48. The Morgan fingerprint density at radius 2 is 1.95 bits per heavy atom. The van der Waals surface area contributed by atoms with Crippen LogP contribution < -0.4 is 4.74 Å². The number of rotatable bonds is 5. The topological polar surface area (TPSA) is 72.1 Å². The van der Waals surface area contributed by atoms with E-state index < -0.39 is 16.4 Å². The zero-order valence-electron chi connectivity index (χ0n) is 9.58. The van der Waals surface area contributed by atoms with E-state index >= 15 is 0 Å². The number of nitrogens with one attached hydrogen (secondary N) is 1. The number of halogens is 2. The number of sulfone groups is 1. The number of benzene rings is 1.